The Kier molecular flexibility index (Phi) is 6.03. The molecule has 0 bridgehead atoms. The van der Waals surface area contributed by atoms with Crippen LogP contribution in [0.4, 0.5) is 5.69 Å². The molecule has 8 heteroatoms. The molecule has 0 aliphatic rings. The van der Waals surface area contributed by atoms with Gasteiger partial charge in [-0.2, -0.15) is 0 Å². The van der Waals surface area contributed by atoms with Crippen LogP contribution in [-0.2, 0) is 9.53 Å². The standard InChI is InChI=1S/C24H21N5O3/c1-16-11-12-17(2)21(13-16)26-23(30)22(18-7-4-3-5-8-18)32-24(31)19-9-6-10-20(14-19)29-15-25-27-28-29/h3-15,22H,1-2H3,(H,26,30). The van der Waals surface area contributed by atoms with Crippen LogP contribution in [0.3, 0.4) is 0 Å². The summed E-state index contributed by atoms with van der Waals surface area (Å²) in [6, 6.07) is 21.4. The van der Waals surface area contributed by atoms with Crippen molar-refractivity contribution in [2.45, 2.75) is 20.0 Å². The van der Waals surface area contributed by atoms with E-state index >= 15 is 0 Å². The van der Waals surface area contributed by atoms with Gasteiger partial charge < -0.3 is 10.1 Å². The Bertz CT molecular complexity index is 1240. The number of ether oxygens (including phenoxy) is 1. The Morgan fingerprint density at radius 1 is 0.969 bits per heavy atom. The summed E-state index contributed by atoms with van der Waals surface area (Å²) in [5.41, 5.74) is 4.04. The second kappa shape index (κ2) is 9.22. The minimum Gasteiger partial charge on any atom is -0.444 e. The first-order valence-electron chi connectivity index (χ1n) is 9.99. The van der Waals surface area contributed by atoms with E-state index in [1.165, 1.54) is 11.0 Å². The SMILES string of the molecule is Cc1ccc(C)c(NC(=O)C(OC(=O)c2cccc(-n3cnnn3)c2)c2ccccc2)c1. The van der Waals surface area contributed by atoms with E-state index in [9.17, 15) is 9.59 Å². The number of aromatic nitrogens is 4. The van der Waals surface area contributed by atoms with Crippen molar-refractivity contribution in [3.8, 4) is 5.69 Å². The van der Waals surface area contributed by atoms with Crippen molar-refractivity contribution in [2.24, 2.45) is 0 Å². The molecule has 8 nitrogen and oxygen atoms in total. The second-order valence-electron chi connectivity index (χ2n) is 7.31. The van der Waals surface area contributed by atoms with Crippen LogP contribution in [0.25, 0.3) is 5.69 Å². The number of esters is 1. The van der Waals surface area contributed by atoms with E-state index in [-0.39, 0.29) is 5.56 Å². The van der Waals surface area contributed by atoms with Gasteiger partial charge in [-0.25, -0.2) is 9.48 Å². The van der Waals surface area contributed by atoms with Gasteiger partial charge >= 0.3 is 5.97 Å². The highest BCUT2D eigenvalue weighted by atomic mass is 16.5. The highest BCUT2D eigenvalue weighted by Gasteiger charge is 2.26. The average molecular weight is 427 g/mol. The topological polar surface area (TPSA) is 99.0 Å². The fraction of sp³-hybridized carbons (Fsp3) is 0.125. The predicted molar refractivity (Wildman–Crippen MR) is 118 cm³/mol. The molecule has 160 valence electrons. The number of aryl methyl sites for hydroxylation is 2. The number of anilines is 1. The Hall–Kier alpha value is -4.33. The van der Waals surface area contributed by atoms with Crippen molar-refractivity contribution >= 4 is 17.6 Å². The number of carbonyl (C=O) groups excluding carboxylic acids is 2. The molecule has 4 aromatic rings. The molecule has 1 aromatic heterocycles. The summed E-state index contributed by atoms with van der Waals surface area (Å²) in [5, 5.41) is 13.9. The van der Waals surface area contributed by atoms with Crippen LogP contribution in [0.2, 0.25) is 0 Å². The first kappa shape index (κ1) is 20.9. The van der Waals surface area contributed by atoms with Crippen LogP contribution in [0.1, 0.15) is 33.2 Å². The number of rotatable bonds is 6. The molecule has 4 rings (SSSR count). The Balaban J connectivity index is 1.60. The van der Waals surface area contributed by atoms with E-state index in [0.29, 0.717) is 16.9 Å². The third kappa shape index (κ3) is 4.70. The van der Waals surface area contributed by atoms with Crippen molar-refractivity contribution in [2.75, 3.05) is 5.32 Å². The molecule has 1 unspecified atom stereocenters. The van der Waals surface area contributed by atoms with E-state index in [1.807, 2.05) is 38.1 Å². The molecular formula is C24H21N5O3. The van der Waals surface area contributed by atoms with Crippen molar-refractivity contribution < 1.29 is 14.3 Å². The summed E-state index contributed by atoms with van der Waals surface area (Å²) in [4.78, 5) is 26.1. The van der Waals surface area contributed by atoms with Crippen LogP contribution >= 0.6 is 0 Å². The second-order valence-corrected chi connectivity index (χ2v) is 7.31. The molecule has 0 saturated heterocycles. The van der Waals surface area contributed by atoms with E-state index in [4.69, 9.17) is 4.74 Å². The van der Waals surface area contributed by atoms with Gasteiger partial charge in [-0.05, 0) is 59.7 Å². The minimum atomic E-state index is -1.12. The average Bonchev–Trinajstić information content (AvgIpc) is 3.35. The summed E-state index contributed by atoms with van der Waals surface area (Å²) in [7, 11) is 0. The number of hydrogen-bond acceptors (Lipinski definition) is 6. The quantitative estimate of drug-likeness (QED) is 0.470. The van der Waals surface area contributed by atoms with Crippen LogP contribution in [0.15, 0.2) is 79.1 Å². The molecule has 1 N–H and O–H groups in total. The zero-order valence-corrected chi connectivity index (χ0v) is 17.6. The smallest absolute Gasteiger partial charge is 0.339 e. The molecule has 0 saturated carbocycles. The molecule has 0 spiro atoms. The number of benzene rings is 3. The van der Waals surface area contributed by atoms with E-state index in [0.717, 1.165) is 11.1 Å². The molecule has 1 atom stereocenters. The summed E-state index contributed by atoms with van der Waals surface area (Å²) in [6.07, 6.45) is 0.301. The zero-order valence-electron chi connectivity index (χ0n) is 17.6. The van der Waals surface area contributed by atoms with Gasteiger partial charge in [0.2, 0.25) is 6.10 Å². The number of amides is 1. The number of hydrogen-bond donors (Lipinski definition) is 1. The summed E-state index contributed by atoms with van der Waals surface area (Å²) < 4.78 is 7.12. The fourth-order valence-corrected chi connectivity index (χ4v) is 3.20. The highest BCUT2D eigenvalue weighted by Crippen LogP contribution is 2.24. The van der Waals surface area contributed by atoms with Gasteiger partial charge in [0, 0.05) is 11.3 Å². The maximum absolute atomic E-state index is 13.2. The molecule has 0 radical (unpaired) electrons. The van der Waals surface area contributed by atoms with Crippen molar-refractivity contribution in [3.05, 3.63) is 101 Å². The van der Waals surface area contributed by atoms with Crippen molar-refractivity contribution in [1.82, 2.24) is 20.2 Å². The first-order valence-corrected chi connectivity index (χ1v) is 9.99. The third-order valence-corrected chi connectivity index (χ3v) is 4.91. The fourth-order valence-electron chi connectivity index (χ4n) is 3.20. The van der Waals surface area contributed by atoms with Crippen LogP contribution in [0, 0.1) is 13.8 Å². The number of tetrazole rings is 1. The van der Waals surface area contributed by atoms with Crippen molar-refractivity contribution in [3.63, 3.8) is 0 Å². The molecule has 3 aromatic carbocycles. The van der Waals surface area contributed by atoms with Gasteiger partial charge in [0.25, 0.3) is 5.91 Å². The van der Waals surface area contributed by atoms with Gasteiger partial charge in [0.15, 0.2) is 0 Å². The Morgan fingerprint density at radius 2 is 1.78 bits per heavy atom. The molecule has 1 amide bonds. The summed E-state index contributed by atoms with van der Waals surface area (Å²) in [6.45, 7) is 3.85. The molecule has 0 aliphatic heterocycles. The Labute approximate surface area is 184 Å². The summed E-state index contributed by atoms with van der Waals surface area (Å²) >= 11 is 0. The van der Waals surface area contributed by atoms with Gasteiger partial charge in [-0.1, -0.05) is 48.5 Å². The molecular weight excluding hydrogens is 406 g/mol. The lowest BCUT2D eigenvalue weighted by atomic mass is 10.1. The van der Waals surface area contributed by atoms with E-state index in [2.05, 4.69) is 20.8 Å². The largest absolute Gasteiger partial charge is 0.444 e. The lowest BCUT2D eigenvalue weighted by molar-refractivity contribution is -0.125. The van der Waals surface area contributed by atoms with Gasteiger partial charge in [0.1, 0.15) is 6.33 Å². The van der Waals surface area contributed by atoms with E-state index in [1.54, 1.807) is 48.5 Å². The third-order valence-electron chi connectivity index (χ3n) is 4.91. The predicted octanol–water partition coefficient (Wildman–Crippen LogP) is 3.82. The normalized spacial score (nSPS) is 11.6. The molecule has 1 heterocycles. The lowest BCUT2D eigenvalue weighted by Gasteiger charge is -2.19. The maximum Gasteiger partial charge on any atom is 0.339 e. The van der Waals surface area contributed by atoms with Gasteiger partial charge in [0.05, 0.1) is 11.3 Å². The van der Waals surface area contributed by atoms with Crippen LogP contribution in [-0.4, -0.2) is 32.1 Å². The van der Waals surface area contributed by atoms with E-state index < -0.39 is 18.0 Å². The summed E-state index contributed by atoms with van der Waals surface area (Å²) in [5.74, 6) is -1.07. The number of nitrogens with zero attached hydrogens (tertiary/aromatic N) is 4. The maximum atomic E-state index is 13.2. The van der Waals surface area contributed by atoms with Gasteiger partial charge in [-0.3, -0.25) is 4.79 Å². The zero-order chi connectivity index (χ0) is 22.5. The lowest BCUT2D eigenvalue weighted by Crippen LogP contribution is -2.26. The van der Waals surface area contributed by atoms with Crippen LogP contribution in [0.5, 0.6) is 0 Å². The minimum absolute atomic E-state index is 0.276. The molecule has 0 aliphatic carbocycles. The Morgan fingerprint density at radius 3 is 2.53 bits per heavy atom. The first-order chi connectivity index (χ1) is 15.5. The number of carbonyl (C=O) groups is 2. The molecule has 32 heavy (non-hydrogen) atoms. The van der Waals surface area contributed by atoms with Crippen LogP contribution < -0.4 is 5.32 Å². The van der Waals surface area contributed by atoms with Crippen molar-refractivity contribution in [1.29, 1.82) is 0 Å². The highest BCUT2D eigenvalue weighted by molar-refractivity contribution is 5.98. The van der Waals surface area contributed by atoms with Gasteiger partial charge in [-0.15, -0.1) is 5.10 Å². The monoisotopic (exact) mass is 427 g/mol. The number of nitrogens with one attached hydrogen (secondary N) is 1. The molecule has 0 fully saturated rings.